The Morgan fingerprint density at radius 1 is 0.931 bits per heavy atom. The number of hydrogen-bond acceptors (Lipinski definition) is 4. The molecule has 0 atom stereocenters. The third kappa shape index (κ3) is 13.7. The van der Waals surface area contributed by atoms with E-state index in [-0.39, 0.29) is 12.7 Å². The van der Waals surface area contributed by atoms with Crippen molar-refractivity contribution in [1.29, 1.82) is 0 Å². The molecular weight excluding hydrogens is 370 g/mol. The van der Waals surface area contributed by atoms with Crippen molar-refractivity contribution in [2.75, 3.05) is 19.8 Å². The van der Waals surface area contributed by atoms with Gasteiger partial charge in [-0.2, -0.15) is 0 Å². The van der Waals surface area contributed by atoms with Gasteiger partial charge in [0.1, 0.15) is 12.2 Å². The highest BCUT2D eigenvalue weighted by molar-refractivity contribution is 5.68. The molecule has 6 heteroatoms. The SMILES string of the molecule is CC(C)(C)OC(=O)NCCCCc1ccccc1CCCCCCOCC(=O)O. The molecule has 0 unspecified atom stereocenters. The Bertz CT molecular complexity index is 610. The van der Waals surface area contributed by atoms with Crippen LogP contribution in [0.15, 0.2) is 24.3 Å². The lowest BCUT2D eigenvalue weighted by Crippen LogP contribution is -2.33. The summed E-state index contributed by atoms with van der Waals surface area (Å²) in [6, 6.07) is 8.56. The van der Waals surface area contributed by atoms with Crippen molar-refractivity contribution in [3.8, 4) is 0 Å². The maximum Gasteiger partial charge on any atom is 0.407 e. The monoisotopic (exact) mass is 407 g/mol. The zero-order chi connectivity index (χ0) is 21.5. The number of nitrogens with one attached hydrogen (secondary N) is 1. The van der Waals surface area contributed by atoms with Crippen LogP contribution in [0.1, 0.15) is 70.4 Å². The molecule has 0 aliphatic carbocycles. The Hall–Kier alpha value is -2.08. The molecule has 29 heavy (non-hydrogen) atoms. The number of carboxylic acids is 1. The molecule has 0 heterocycles. The third-order valence-corrected chi connectivity index (χ3v) is 4.37. The highest BCUT2D eigenvalue weighted by atomic mass is 16.6. The van der Waals surface area contributed by atoms with E-state index in [9.17, 15) is 9.59 Å². The van der Waals surface area contributed by atoms with Gasteiger partial charge in [0.2, 0.25) is 0 Å². The average Bonchev–Trinajstić information content (AvgIpc) is 2.63. The van der Waals surface area contributed by atoms with Gasteiger partial charge in [0.05, 0.1) is 0 Å². The first-order valence-corrected chi connectivity index (χ1v) is 10.6. The molecule has 0 bridgehead atoms. The second-order valence-electron chi connectivity index (χ2n) is 8.27. The molecule has 0 spiro atoms. The van der Waals surface area contributed by atoms with Crippen LogP contribution < -0.4 is 5.32 Å². The highest BCUT2D eigenvalue weighted by Gasteiger charge is 2.15. The van der Waals surface area contributed by atoms with E-state index in [0.717, 1.165) is 51.4 Å². The van der Waals surface area contributed by atoms with Crippen LogP contribution in [0.25, 0.3) is 0 Å². The van der Waals surface area contributed by atoms with Crippen molar-refractivity contribution in [1.82, 2.24) is 5.32 Å². The van der Waals surface area contributed by atoms with Gasteiger partial charge in [-0.25, -0.2) is 9.59 Å². The minimum absolute atomic E-state index is 0.208. The number of aliphatic carboxylic acids is 1. The maximum absolute atomic E-state index is 11.6. The van der Waals surface area contributed by atoms with Gasteiger partial charge in [0, 0.05) is 13.2 Å². The van der Waals surface area contributed by atoms with Crippen molar-refractivity contribution < 1.29 is 24.2 Å². The molecule has 2 N–H and O–H groups in total. The van der Waals surface area contributed by atoms with Crippen molar-refractivity contribution >= 4 is 12.1 Å². The lowest BCUT2D eigenvalue weighted by Gasteiger charge is -2.19. The second-order valence-corrected chi connectivity index (χ2v) is 8.27. The van der Waals surface area contributed by atoms with Gasteiger partial charge in [-0.15, -0.1) is 0 Å². The fraction of sp³-hybridized carbons (Fsp3) is 0.652. The highest BCUT2D eigenvalue weighted by Crippen LogP contribution is 2.16. The number of carbonyl (C=O) groups is 2. The molecule has 6 nitrogen and oxygen atoms in total. The van der Waals surface area contributed by atoms with Crippen LogP contribution in [0.4, 0.5) is 4.79 Å². The molecule has 0 radical (unpaired) electrons. The number of hydrogen-bond donors (Lipinski definition) is 2. The largest absolute Gasteiger partial charge is 0.480 e. The van der Waals surface area contributed by atoms with Gasteiger partial charge in [0.15, 0.2) is 0 Å². The summed E-state index contributed by atoms with van der Waals surface area (Å²) in [5, 5.41) is 11.3. The lowest BCUT2D eigenvalue weighted by molar-refractivity contribution is -0.142. The number of rotatable bonds is 14. The number of carboxylic acid groups (broad SMARTS) is 1. The fourth-order valence-electron chi connectivity index (χ4n) is 3.02. The molecule has 1 aromatic carbocycles. The molecule has 0 saturated carbocycles. The van der Waals surface area contributed by atoms with Crippen molar-refractivity contribution in [2.45, 2.75) is 77.7 Å². The zero-order valence-corrected chi connectivity index (χ0v) is 18.2. The molecule has 0 aromatic heterocycles. The standard InChI is InChI=1S/C23H37NO5/c1-23(2,3)29-22(27)24-16-10-9-15-20-14-8-7-13-19(20)12-6-4-5-11-17-28-18-21(25)26/h7-8,13-14H,4-6,9-12,15-18H2,1-3H3,(H,24,27)(H,25,26). The number of amides is 1. The Morgan fingerprint density at radius 3 is 2.10 bits per heavy atom. The number of aryl methyl sites for hydroxylation is 2. The van der Waals surface area contributed by atoms with E-state index in [1.807, 2.05) is 20.8 Å². The number of alkyl carbamates (subject to hydrolysis) is 1. The summed E-state index contributed by atoms with van der Waals surface area (Å²) < 4.78 is 10.3. The number of carbonyl (C=O) groups excluding carboxylic acids is 1. The summed E-state index contributed by atoms with van der Waals surface area (Å²) in [7, 11) is 0. The minimum Gasteiger partial charge on any atom is -0.480 e. The van der Waals surface area contributed by atoms with Crippen LogP contribution in [-0.2, 0) is 27.1 Å². The molecule has 1 aromatic rings. The predicted octanol–water partition coefficient (Wildman–Crippen LogP) is 4.74. The Kier molecular flexibility index (Phi) is 12.0. The van der Waals surface area contributed by atoms with Gasteiger partial charge in [-0.1, -0.05) is 37.1 Å². The van der Waals surface area contributed by atoms with E-state index >= 15 is 0 Å². The first kappa shape index (κ1) is 25.0. The topological polar surface area (TPSA) is 84.9 Å². The quantitative estimate of drug-likeness (QED) is 0.435. The molecule has 1 amide bonds. The summed E-state index contributed by atoms with van der Waals surface area (Å²) in [5.74, 6) is -0.915. The molecule has 0 saturated heterocycles. The first-order chi connectivity index (χ1) is 13.8. The number of unbranched alkanes of at least 4 members (excludes halogenated alkanes) is 4. The van der Waals surface area contributed by atoms with Gasteiger partial charge >= 0.3 is 12.1 Å². The Balaban J connectivity index is 2.18. The third-order valence-electron chi connectivity index (χ3n) is 4.37. The van der Waals surface area contributed by atoms with Crippen LogP contribution in [0.3, 0.4) is 0 Å². The normalized spacial score (nSPS) is 11.3. The van der Waals surface area contributed by atoms with Crippen LogP contribution in [0.2, 0.25) is 0 Å². The molecule has 0 fully saturated rings. The van der Waals surface area contributed by atoms with E-state index in [2.05, 4.69) is 29.6 Å². The fourth-order valence-corrected chi connectivity index (χ4v) is 3.02. The van der Waals surface area contributed by atoms with E-state index in [1.165, 1.54) is 11.1 Å². The molecule has 0 aliphatic rings. The second kappa shape index (κ2) is 14.0. The lowest BCUT2D eigenvalue weighted by atomic mass is 9.97. The summed E-state index contributed by atoms with van der Waals surface area (Å²) in [6.45, 7) is 6.51. The summed E-state index contributed by atoms with van der Waals surface area (Å²) in [4.78, 5) is 22.0. The molecular formula is C23H37NO5. The molecule has 164 valence electrons. The number of benzene rings is 1. The van der Waals surface area contributed by atoms with Gasteiger partial charge < -0.3 is 19.9 Å². The van der Waals surface area contributed by atoms with Crippen LogP contribution in [-0.4, -0.2) is 42.5 Å². The van der Waals surface area contributed by atoms with Gasteiger partial charge in [-0.05, 0) is 70.4 Å². The Morgan fingerprint density at radius 2 is 1.52 bits per heavy atom. The molecule has 1 rings (SSSR count). The maximum atomic E-state index is 11.6. The van der Waals surface area contributed by atoms with Crippen LogP contribution in [0.5, 0.6) is 0 Å². The zero-order valence-electron chi connectivity index (χ0n) is 18.2. The summed E-state index contributed by atoms with van der Waals surface area (Å²) in [5.41, 5.74) is 2.32. The van der Waals surface area contributed by atoms with Crippen LogP contribution >= 0.6 is 0 Å². The predicted molar refractivity (Wildman–Crippen MR) is 114 cm³/mol. The average molecular weight is 408 g/mol. The van der Waals surface area contributed by atoms with Crippen molar-refractivity contribution in [2.24, 2.45) is 0 Å². The van der Waals surface area contributed by atoms with Crippen molar-refractivity contribution in [3.63, 3.8) is 0 Å². The first-order valence-electron chi connectivity index (χ1n) is 10.6. The smallest absolute Gasteiger partial charge is 0.407 e. The van der Waals surface area contributed by atoms with Gasteiger partial charge in [0.25, 0.3) is 0 Å². The minimum atomic E-state index is -0.915. The van der Waals surface area contributed by atoms with E-state index < -0.39 is 11.6 Å². The molecule has 0 aliphatic heterocycles. The van der Waals surface area contributed by atoms with Crippen molar-refractivity contribution in [3.05, 3.63) is 35.4 Å². The summed E-state index contributed by atoms with van der Waals surface area (Å²) in [6.07, 6.45) is 7.85. The van der Waals surface area contributed by atoms with E-state index in [4.69, 9.17) is 14.6 Å². The number of ether oxygens (including phenoxy) is 2. The summed E-state index contributed by atoms with van der Waals surface area (Å²) >= 11 is 0. The van der Waals surface area contributed by atoms with Crippen LogP contribution in [0, 0.1) is 0 Å². The Labute approximate surface area is 175 Å². The van der Waals surface area contributed by atoms with Gasteiger partial charge in [-0.3, -0.25) is 0 Å². The van der Waals surface area contributed by atoms with E-state index in [0.29, 0.717) is 13.2 Å². The van der Waals surface area contributed by atoms with E-state index in [1.54, 1.807) is 0 Å².